The molecule has 6 heavy (non-hydrogen) atoms. The van der Waals surface area contributed by atoms with E-state index in [9.17, 15) is 0 Å². The first-order chi connectivity index (χ1) is 2.97. The quantitative estimate of drug-likeness (QED) is 0.417. The minimum absolute atomic E-state index is 1.28. The highest BCUT2D eigenvalue weighted by Gasteiger charge is 2.24. The third kappa shape index (κ3) is 0.251. The standard InChI is InChI=1S/C5H7N/c1-2-5(1)6-3-4-6/h1H,2-4H2. The summed E-state index contributed by atoms with van der Waals surface area (Å²) in [7, 11) is 0. The monoisotopic (exact) mass is 81.1 g/mol. The summed E-state index contributed by atoms with van der Waals surface area (Å²) in [6, 6.07) is 0. The Morgan fingerprint density at radius 3 is 2.33 bits per heavy atom. The van der Waals surface area contributed by atoms with Gasteiger partial charge in [-0.15, -0.1) is 0 Å². The lowest BCUT2D eigenvalue weighted by Crippen LogP contribution is -1.80. The fourth-order valence-corrected chi connectivity index (χ4v) is 0.641. The Morgan fingerprint density at radius 1 is 1.50 bits per heavy atom. The molecule has 0 aromatic carbocycles. The molecule has 1 aliphatic heterocycles. The molecule has 1 aliphatic carbocycles. The predicted molar refractivity (Wildman–Crippen MR) is 24.3 cm³/mol. The van der Waals surface area contributed by atoms with Crippen LogP contribution in [0.4, 0.5) is 0 Å². The lowest BCUT2D eigenvalue weighted by molar-refractivity contribution is 0.727. The number of rotatable bonds is 1. The van der Waals surface area contributed by atoms with Gasteiger partial charge in [-0.25, -0.2) is 0 Å². The molecule has 1 saturated heterocycles. The Balaban J connectivity index is 2.07. The third-order valence-electron chi connectivity index (χ3n) is 1.24. The van der Waals surface area contributed by atoms with E-state index < -0.39 is 0 Å². The van der Waals surface area contributed by atoms with Gasteiger partial charge in [-0.2, -0.15) is 0 Å². The molecule has 0 N–H and O–H groups in total. The highest BCUT2D eigenvalue weighted by molar-refractivity contribution is 5.23. The van der Waals surface area contributed by atoms with E-state index in [0.717, 1.165) is 0 Å². The molecule has 0 atom stereocenters. The van der Waals surface area contributed by atoms with Crippen molar-refractivity contribution in [2.45, 2.75) is 6.42 Å². The van der Waals surface area contributed by atoms with Crippen molar-refractivity contribution in [1.29, 1.82) is 0 Å². The van der Waals surface area contributed by atoms with E-state index in [-0.39, 0.29) is 0 Å². The largest absolute Gasteiger partial charge is 0.371 e. The topological polar surface area (TPSA) is 3.01 Å². The molecule has 1 nitrogen and oxygen atoms in total. The minimum Gasteiger partial charge on any atom is -0.371 e. The third-order valence-corrected chi connectivity index (χ3v) is 1.24. The smallest absolute Gasteiger partial charge is 0.0351 e. The van der Waals surface area contributed by atoms with Gasteiger partial charge >= 0.3 is 0 Å². The fourth-order valence-electron chi connectivity index (χ4n) is 0.641. The molecule has 32 valence electrons. The van der Waals surface area contributed by atoms with Gasteiger partial charge in [0.25, 0.3) is 0 Å². The van der Waals surface area contributed by atoms with Gasteiger partial charge in [-0.05, 0) is 0 Å². The van der Waals surface area contributed by atoms with E-state index in [2.05, 4.69) is 11.0 Å². The van der Waals surface area contributed by atoms with Gasteiger partial charge in [0.1, 0.15) is 0 Å². The van der Waals surface area contributed by atoms with E-state index in [4.69, 9.17) is 0 Å². The van der Waals surface area contributed by atoms with Gasteiger partial charge in [-0.1, -0.05) is 6.08 Å². The van der Waals surface area contributed by atoms with Crippen LogP contribution in [0.3, 0.4) is 0 Å². The second-order valence-corrected chi connectivity index (χ2v) is 1.89. The van der Waals surface area contributed by atoms with Crippen LogP contribution in [0.1, 0.15) is 6.42 Å². The second kappa shape index (κ2) is 0.625. The van der Waals surface area contributed by atoms with Crippen molar-refractivity contribution in [2.24, 2.45) is 0 Å². The van der Waals surface area contributed by atoms with Crippen molar-refractivity contribution in [3.05, 3.63) is 11.8 Å². The summed E-state index contributed by atoms with van der Waals surface area (Å²) in [5.74, 6) is 0. The van der Waals surface area contributed by atoms with Crippen molar-refractivity contribution in [2.75, 3.05) is 13.1 Å². The molecule has 0 bridgehead atoms. The fraction of sp³-hybridized carbons (Fsp3) is 0.600. The molecule has 0 aromatic heterocycles. The average molecular weight is 81.1 g/mol. The van der Waals surface area contributed by atoms with Gasteiger partial charge in [0.05, 0.1) is 0 Å². The summed E-state index contributed by atoms with van der Waals surface area (Å²) < 4.78 is 0. The maximum Gasteiger partial charge on any atom is 0.0351 e. The maximum atomic E-state index is 2.39. The van der Waals surface area contributed by atoms with Crippen LogP contribution in [0, 0.1) is 0 Å². The SMILES string of the molecule is C1=C(N2CC2)C1. The zero-order valence-electron chi connectivity index (χ0n) is 3.65. The van der Waals surface area contributed by atoms with Crippen LogP contribution < -0.4 is 0 Å². The first kappa shape index (κ1) is 2.67. The highest BCUT2D eigenvalue weighted by atomic mass is 15.3. The summed E-state index contributed by atoms with van der Waals surface area (Å²) >= 11 is 0. The van der Waals surface area contributed by atoms with E-state index in [1.54, 1.807) is 5.70 Å². The Bertz CT molecular complexity index is 101. The molecule has 2 aliphatic rings. The maximum absolute atomic E-state index is 2.39. The van der Waals surface area contributed by atoms with Crippen molar-refractivity contribution in [1.82, 2.24) is 4.90 Å². The summed E-state index contributed by atoms with van der Waals surface area (Å²) in [6.07, 6.45) is 3.55. The zero-order valence-corrected chi connectivity index (χ0v) is 3.65. The zero-order chi connectivity index (χ0) is 3.98. The first-order valence-corrected chi connectivity index (χ1v) is 2.41. The number of nitrogens with zero attached hydrogens (tertiary/aromatic N) is 1. The molecule has 0 aromatic rings. The number of hydrogen-bond acceptors (Lipinski definition) is 1. The molecule has 2 rings (SSSR count). The summed E-state index contributed by atoms with van der Waals surface area (Å²) in [4.78, 5) is 2.39. The Hall–Kier alpha value is -0.460. The molecule has 1 heteroatoms. The van der Waals surface area contributed by atoms with E-state index in [0.29, 0.717) is 0 Å². The number of allylic oxidation sites excluding steroid dienone is 2. The van der Waals surface area contributed by atoms with Gasteiger partial charge in [0.2, 0.25) is 0 Å². The van der Waals surface area contributed by atoms with Crippen LogP contribution in [-0.4, -0.2) is 18.0 Å². The summed E-state index contributed by atoms with van der Waals surface area (Å²) in [5, 5.41) is 0. The highest BCUT2D eigenvalue weighted by Crippen LogP contribution is 2.28. The van der Waals surface area contributed by atoms with Gasteiger partial charge in [0.15, 0.2) is 0 Å². The minimum atomic E-state index is 1.28. The summed E-state index contributed by atoms with van der Waals surface area (Å²) in [6.45, 7) is 2.65. The second-order valence-electron chi connectivity index (χ2n) is 1.89. The van der Waals surface area contributed by atoms with Gasteiger partial charge < -0.3 is 4.90 Å². The summed E-state index contributed by atoms with van der Waals surface area (Å²) in [5.41, 5.74) is 1.58. The normalized spacial score (nSPS) is 26.7. The molecule has 1 fully saturated rings. The van der Waals surface area contributed by atoms with Crippen LogP contribution in [0.25, 0.3) is 0 Å². The van der Waals surface area contributed by atoms with Crippen LogP contribution >= 0.6 is 0 Å². The van der Waals surface area contributed by atoms with Crippen LogP contribution in [-0.2, 0) is 0 Å². The molecule has 0 unspecified atom stereocenters. The first-order valence-electron chi connectivity index (χ1n) is 2.41. The van der Waals surface area contributed by atoms with E-state index in [1.807, 2.05) is 0 Å². The average Bonchev–Trinajstić information content (AvgIpc) is 2.26. The predicted octanol–water partition coefficient (Wildman–Crippen LogP) is 0.590. The lowest BCUT2D eigenvalue weighted by Gasteiger charge is -1.84. The lowest BCUT2D eigenvalue weighted by atomic mass is 10.8. The number of hydrogen-bond donors (Lipinski definition) is 0. The van der Waals surface area contributed by atoms with Crippen molar-refractivity contribution in [3.8, 4) is 0 Å². The Kier molecular flexibility index (Phi) is 0.278. The molecule has 0 radical (unpaired) electrons. The molecule has 0 saturated carbocycles. The molecular weight excluding hydrogens is 74.1 g/mol. The van der Waals surface area contributed by atoms with E-state index >= 15 is 0 Å². The van der Waals surface area contributed by atoms with Crippen molar-refractivity contribution >= 4 is 0 Å². The van der Waals surface area contributed by atoms with Crippen molar-refractivity contribution in [3.63, 3.8) is 0 Å². The van der Waals surface area contributed by atoms with Crippen LogP contribution in [0.2, 0.25) is 0 Å². The molecule has 1 heterocycles. The van der Waals surface area contributed by atoms with Gasteiger partial charge in [-0.3, -0.25) is 0 Å². The Labute approximate surface area is 37.3 Å². The molecule has 0 amide bonds. The van der Waals surface area contributed by atoms with Crippen LogP contribution in [0.5, 0.6) is 0 Å². The van der Waals surface area contributed by atoms with E-state index in [1.165, 1.54) is 19.5 Å². The van der Waals surface area contributed by atoms with Gasteiger partial charge in [0, 0.05) is 25.2 Å². The van der Waals surface area contributed by atoms with Crippen molar-refractivity contribution < 1.29 is 0 Å². The Morgan fingerprint density at radius 2 is 2.17 bits per heavy atom. The molecular formula is C5H7N. The van der Waals surface area contributed by atoms with Crippen LogP contribution in [0.15, 0.2) is 11.8 Å². The molecule has 0 spiro atoms.